The number of anilines is 1. The third-order valence-electron chi connectivity index (χ3n) is 4.05. The number of carboxylic acids is 1. The van der Waals surface area contributed by atoms with Gasteiger partial charge in [0.15, 0.2) is 5.96 Å². The molecule has 3 rings (SSSR count). The molecule has 0 bridgehead atoms. The van der Waals surface area contributed by atoms with Crippen molar-refractivity contribution in [1.82, 2.24) is 10.6 Å². The van der Waals surface area contributed by atoms with Gasteiger partial charge in [0, 0.05) is 25.7 Å². The van der Waals surface area contributed by atoms with E-state index in [2.05, 4.69) is 15.6 Å². The van der Waals surface area contributed by atoms with Crippen LogP contribution < -0.4 is 15.5 Å². The van der Waals surface area contributed by atoms with Gasteiger partial charge in [-0.3, -0.25) is 4.99 Å². The van der Waals surface area contributed by atoms with E-state index in [1.54, 1.807) is 6.07 Å². The number of aliphatic imine (C=N–C) groups is 1. The predicted octanol–water partition coefficient (Wildman–Crippen LogP) is 1.04. The Kier molecular flexibility index (Phi) is 4.13. The van der Waals surface area contributed by atoms with Gasteiger partial charge in [-0.1, -0.05) is 0 Å². The number of piperidine rings is 1. The van der Waals surface area contributed by atoms with Crippen LogP contribution in [-0.4, -0.2) is 49.3 Å². The fraction of sp³-hybridized carbons (Fsp3) is 0.467. The van der Waals surface area contributed by atoms with E-state index in [0.717, 1.165) is 51.0 Å². The molecule has 1 saturated heterocycles. The van der Waals surface area contributed by atoms with Crippen molar-refractivity contribution in [2.75, 3.05) is 31.1 Å². The first kappa shape index (κ1) is 14.6. The molecule has 7 heteroatoms. The average molecular weight is 306 g/mol. The van der Waals surface area contributed by atoms with Crippen LogP contribution in [0.25, 0.3) is 0 Å². The van der Waals surface area contributed by atoms with Gasteiger partial charge in [-0.15, -0.1) is 0 Å². The summed E-state index contributed by atoms with van der Waals surface area (Å²) in [4.78, 5) is 17.1. The SMILES string of the molecule is O=C(O)c1ccc(N2CCC(NC3=NCCN3)CC2)c(F)c1. The van der Waals surface area contributed by atoms with Crippen molar-refractivity contribution in [3.8, 4) is 0 Å². The smallest absolute Gasteiger partial charge is 0.335 e. The highest BCUT2D eigenvalue weighted by atomic mass is 19.1. The molecule has 118 valence electrons. The lowest BCUT2D eigenvalue weighted by Crippen LogP contribution is -2.47. The third-order valence-corrected chi connectivity index (χ3v) is 4.05. The van der Waals surface area contributed by atoms with Crippen LogP contribution in [0.1, 0.15) is 23.2 Å². The van der Waals surface area contributed by atoms with E-state index in [0.29, 0.717) is 11.7 Å². The van der Waals surface area contributed by atoms with Crippen molar-refractivity contribution in [3.05, 3.63) is 29.6 Å². The van der Waals surface area contributed by atoms with Crippen LogP contribution in [0.4, 0.5) is 10.1 Å². The van der Waals surface area contributed by atoms with Crippen LogP contribution in [0, 0.1) is 5.82 Å². The molecule has 2 aliphatic heterocycles. The Bertz CT molecular complexity index is 597. The predicted molar refractivity (Wildman–Crippen MR) is 82.0 cm³/mol. The van der Waals surface area contributed by atoms with Gasteiger partial charge in [-0.05, 0) is 31.0 Å². The Morgan fingerprint density at radius 1 is 1.41 bits per heavy atom. The lowest BCUT2D eigenvalue weighted by Gasteiger charge is -2.34. The Balaban J connectivity index is 1.60. The zero-order valence-corrected chi connectivity index (χ0v) is 12.2. The summed E-state index contributed by atoms with van der Waals surface area (Å²) in [6.07, 6.45) is 1.78. The van der Waals surface area contributed by atoms with E-state index in [1.807, 2.05) is 4.90 Å². The summed E-state index contributed by atoms with van der Waals surface area (Å²) in [5.74, 6) is -0.734. The number of guanidine groups is 1. The number of carbonyl (C=O) groups is 1. The van der Waals surface area contributed by atoms with Crippen molar-refractivity contribution in [3.63, 3.8) is 0 Å². The van der Waals surface area contributed by atoms with Gasteiger partial charge < -0.3 is 20.6 Å². The van der Waals surface area contributed by atoms with Crippen LogP contribution >= 0.6 is 0 Å². The molecule has 0 aliphatic carbocycles. The summed E-state index contributed by atoms with van der Waals surface area (Å²) in [6.45, 7) is 3.15. The average Bonchev–Trinajstić information content (AvgIpc) is 3.01. The normalized spacial score (nSPS) is 18.8. The Labute approximate surface area is 128 Å². The Morgan fingerprint density at radius 2 is 2.18 bits per heavy atom. The topological polar surface area (TPSA) is 77.0 Å². The maximum absolute atomic E-state index is 14.1. The fourth-order valence-electron chi connectivity index (χ4n) is 2.85. The number of hydrogen-bond acceptors (Lipinski definition) is 5. The number of nitrogens with zero attached hydrogens (tertiary/aromatic N) is 2. The molecule has 0 atom stereocenters. The first-order valence-corrected chi connectivity index (χ1v) is 7.46. The summed E-state index contributed by atoms with van der Waals surface area (Å²) in [5, 5.41) is 15.4. The van der Waals surface area contributed by atoms with E-state index in [4.69, 9.17) is 5.11 Å². The second kappa shape index (κ2) is 6.21. The molecule has 0 radical (unpaired) electrons. The second-order valence-electron chi connectivity index (χ2n) is 5.53. The molecule has 0 unspecified atom stereocenters. The first-order chi connectivity index (χ1) is 10.6. The van der Waals surface area contributed by atoms with Gasteiger partial charge in [0.2, 0.25) is 0 Å². The summed E-state index contributed by atoms with van der Waals surface area (Å²) in [7, 11) is 0. The molecule has 3 N–H and O–H groups in total. The van der Waals surface area contributed by atoms with Gasteiger partial charge in [-0.2, -0.15) is 0 Å². The van der Waals surface area contributed by atoms with E-state index < -0.39 is 11.8 Å². The molecule has 6 nitrogen and oxygen atoms in total. The number of halogens is 1. The number of carboxylic acid groups (broad SMARTS) is 1. The minimum absolute atomic E-state index is 0.0249. The number of rotatable bonds is 3. The Hall–Kier alpha value is -2.31. The molecule has 22 heavy (non-hydrogen) atoms. The summed E-state index contributed by atoms with van der Waals surface area (Å²) in [5.41, 5.74) is 0.447. The number of benzene rings is 1. The lowest BCUT2D eigenvalue weighted by atomic mass is 10.0. The van der Waals surface area contributed by atoms with Gasteiger partial charge >= 0.3 is 5.97 Å². The van der Waals surface area contributed by atoms with Gasteiger partial charge in [0.1, 0.15) is 5.82 Å². The fourth-order valence-corrected chi connectivity index (χ4v) is 2.85. The zero-order chi connectivity index (χ0) is 15.5. The summed E-state index contributed by atoms with van der Waals surface area (Å²) in [6, 6.07) is 4.42. The standard InChI is InChI=1S/C15H19FN4O2/c16-12-9-10(14(21)22)1-2-13(12)20-7-3-11(4-8-20)19-15-17-5-6-18-15/h1-2,9,11H,3-8H2,(H,21,22)(H2,17,18,19). The highest BCUT2D eigenvalue weighted by molar-refractivity contribution is 5.88. The number of aromatic carboxylic acids is 1. The van der Waals surface area contributed by atoms with Gasteiger partial charge in [0.05, 0.1) is 17.8 Å². The highest BCUT2D eigenvalue weighted by Crippen LogP contribution is 2.24. The first-order valence-electron chi connectivity index (χ1n) is 7.46. The monoisotopic (exact) mass is 306 g/mol. The molecule has 1 aromatic carbocycles. The lowest BCUT2D eigenvalue weighted by molar-refractivity contribution is 0.0696. The second-order valence-corrected chi connectivity index (χ2v) is 5.53. The molecule has 0 aromatic heterocycles. The van der Waals surface area contributed by atoms with Crippen molar-refractivity contribution in [2.45, 2.75) is 18.9 Å². The zero-order valence-electron chi connectivity index (χ0n) is 12.2. The van der Waals surface area contributed by atoms with Crippen molar-refractivity contribution in [2.24, 2.45) is 4.99 Å². The largest absolute Gasteiger partial charge is 0.478 e. The molecule has 0 amide bonds. The maximum Gasteiger partial charge on any atom is 0.335 e. The highest BCUT2D eigenvalue weighted by Gasteiger charge is 2.23. The van der Waals surface area contributed by atoms with Crippen molar-refractivity contribution in [1.29, 1.82) is 0 Å². The number of hydrogen-bond donors (Lipinski definition) is 3. The molecular weight excluding hydrogens is 287 g/mol. The quantitative estimate of drug-likeness (QED) is 0.778. The molecule has 0 saturated carbocycles. The Morgan fingerprint density at radius 3 is 2.77 bits per heavy atom. The van der Waals surface area contributed by atoms with Crippen LogP contribution in [-0.2, 0) is 0 Å². The van der Waals surface area contributed by atoms with Gasteiger partial charge in [-0.25, -0.2) is 9.18 Å². The van der Waals surface area contributed by atoms with E-state index in [9.17, 15) is 9.18 Å². The molecular formula is C15H19FN4O2. The molecule has 0 spiro atoms. The van der Waals surface area contributed by atoms with E-state index in [1.165, 1.54) is 6.07 Å². The van der Waals surface area contributed by atoms with Crippen molar-refractivity contribution >= 4 is 17.6 Å². The number of nitrogens with one attached hydrogen (secondary N) is 2. The minimum atomic E-state index is -1.11. The van der Waals surface area contributed by atoms with Crippen LogP contribution in [0.3, 0.4) is 0 Å². The molecule has 1 aromatic rings. The summed E-state index contributed by atoms with van der Waals surface area (Å²) >= 11 is 0. The van der Waals surface area contributed by atoms with Gasteiger partial charge in [0.25, 0.3) is 0 Å². The van der Waals surface area contributed by atoms with Crippen molar-refractivity contribution < 1.29 is 14.3 Å². The van der Waals surface area contributed by atoms with E-state index >= 15 is 0 Å². The van der Waals surface area contributed by atoms with Crippen LogP contribution in [0.2, 0.25) is 0 Å². The molecule has 1 fully saturated rings. The van der Waals surface area contributed by atoms with Crippen LogP contribution in [0.5, 0.6) is 0 Å². The van der Waals surface area contributed by atoms with Crippen LogP contribution in [0.15, 0.2) is 23.2 Å². The summed E-state index contributed by atoms with van der Waals surface area (Å²) < 4.78 is 14.1. The molecule has 2 aliphatic rings. The maximum atomic E-state index is 14.1. The van der Waals surface area contributed by atoms with E-state index in [-0.39, 0.29) is 5.56 Å². The third kappa shape index (κ3) is 3.13. The molecule has 2 heterocycles. The minimum Gasteiger partial charge on any atom is -0.478 e.